The number of anilines is 1. The van der Waals surface area contributed by atoms with E-state index in [4.69, 9.17) is 0 Å². The summed E-state index contributed by atoms with van der Waals surface area (Å²) in [6, 6.07) is 9.63. The molecule has 3 fully saturated rings. The van der Waals surface area contributed by atoms with E-state index >= 15 is 0 Å². The molecule has 3 aliphatic rings. The van der Waals surface area contributed by atoms with Crippen molar-refractivity contribution < 1.29 is 0 Å². The topological polar surface area (TPSA) is 19.4 Å². The van der Waals surface area contributed by atoms with Crippen LogP contribution in [0.5, 0.6) is 0 Å². The van der Waals surface area contributed by atoms with Crippen molar-refractivity contribution in [2.75, 3.05) is 31.1 Å². The minimum atomic E-state index is 0.734. The fourth-order valence-corrected chi connectivity index (χ4v) is 3.48. The van der Waals surface area contributed by atoms with Crippen molar-refractivity contribution in [3.63, 3.8) is 0 Å². The van der Waals surface area contributed by atoms with Gasteiger partial charge in [0.2, 0.25) is 0 Å². The van der Waals surface area contributed by atoms with Gasteiger partial charge < -0.3 is 9.80 Å². The van der Waals surface area contributed by atoms with Gasteiger partial charge in [0, 0.05) is 55.7 Å². The van der Waals surface area contributed by atoms with Gasteiger partial charge in [-0.05, 0) is 36.4 Å². The van der Waals surface area contributed by atoms with Gasteiger partial charge in [-0.15, -0.1) is 0 Å². The molecule has 1 aromatic heterocycles. The van der Waals surface area contributed by atoms with Crippen LogP contribution < -0.4 is 4.90 Å². The number of nitrogens with zero attached hydrogens (tertiary/aromatic N) is 3. The average molecular weight is 253 g/mol. The molecule has 0 spiro atoms. The maximum absolute atomic E-state index is 4.19. The van der Waals surface area contributed by atoms with Crippen molar-refractivity contribution in [2.24, 2.45) is 0 Å². The highest BCUT2D eigenvalue weighted by atomic mass is 15.3. The fraction of sp³-hybridized carbons (Fsp3) is 0.438. The summed E-state index contributed by atoms with van der Waals surface area (Å²) in [4.78, 5) is 9.40. The fourth-order valence-electron chi connectivity index (χ4n) is 3.48. The molecular formula is C16H19N3. The number of piperidine rings is 1. The Bertz CT molecular complexity index is 587. The zero-order valence-corrected chi connectivity index (χ0v) is 11.1. The molecule has 0 saturated carbocycles. The maximum Gasteiger partial charge on any atom is 0.0375 e. The van der Waals surface area contributed by atoms with Gasteiger partial charge >= 0.3 is 0 Å². The average Bonchev–Trinajstić information content (AvgIpc) is 2.80. The lowest BCUT2D eigenvalue weighted by molar-refractivity contribution is 0.250. The summed E-state index contributed by atoms with van der Waals surface area (Å²) in [5.74, 6) is 0. The molecule has 5 rings (SSSR count). The lowest BCUT2D eigenvalue weighted by Gasteiger charge is -2.33. The first-order chi connectivity index (χ1) is 9.40. The Balaban J connectivity index is 1.72. The number of aromatic nitrogens is 1. The molecule has 0 radical (unpaired) electrons. The Morgan fingerprint density at radius 3 is 2.74 bits per heavy atom. The summed E-state index contributed by atoms with van der Waals surface area (Å²) in [5, 5.41) is 2.53. The first-order valence-electron chi connectivity index (χ1n) is 7.23. The molecule has 3 saturated heterocycles. The van der Waals surface area contributed by atoms with Crippen LogP contribution in [-0.2, 0) is 0 Å². The first kappa shape index (κ1) is 11.2. The molecule has 19 heavy (non-hydrogen) atoms. The largest absolute Gasteiger partial charge is 0.367 e. The van der Waals surface area contributed by atoms with Gasteiger partial charge in [-0.1, -0.05) is 6.07 Å². The van der Waals surface area contributed by atoms with Crippen molar-refractivity contribution in [1.29, 1.82) is 0 Å². The van der Waals surface area contributed by atoms with Crippen LogP contribution in [0.3, 0.4) is 0 Å². The van der Waals surface area contributed by atoms with Gasteiger partial charge in [-0.3, -0.25) is 4.98 Å². The normalized spacial score (nSPS) is 26.6. The molecule has 3 nitrogen and oxygen atoms in total. The molecule has 2 bridgehead atoms. The Hall–Kier alpha value is -1.61. The van der Waals surface area contributed by atoms with Crippen LogP contribution in [0.4, 0.5) is 5.69 Å². The summed E-state index contributed by atoms with van der Waals surface area (Å²) < 4.78 is 0. The lowest BCUT2D eigenvalue weighted by atomic mass is 10.0. The van der Waals surface area contributed by atoms with Gasteiger partial charge in [0.15, 0.2) is 0 Å². The monoisotopic (exact) mass is 253 g/mol. The highest BCUT2D eigenvalue weighted by Crippen LogP contribution is 2.28. The van der Waals surface area contributed by atoms with Crippen molar-refractivity contribution in [3.8, 4) is 0 Å². The van der Waals surface area contributed by atoms with Crippen molar-refractivity contribution >= 4 is 16.5 Å². The van der Waals surface area contributed by atoms with E-state index in [9.17, 15) is 0 Å². The third-order valence-electron chi connectivity index (χ3n) is 4.61. The smallest absolute Gasteiger partial charge is 0.0375 e. The molecule has 2 aromatic rings. The van der Waals surface area contributed by atoms with E-state index < -0.39 is 0 Å². The molecule has 3 heteroatoms. The zero-order chi connectivity index (χ0) is 12.7. The Morgan fingerprint density at radius 2 is 1.84 bits per heavy atom. The van der Waals surface area contributed by atoms with Crippen LogP contribution >= 0.6 is 0 Å². The molecular weight excluding hydrogens is 234 g/mol. The molecule has 0 aliphatic carbocycles. The van der Waals surface area contributed by atoms with Crippen LogP contribution in [0.1, 0.15) is 12.8 Å². The molecule has 0 unspecified atom stereocenters. The summed E-state index contributed by atoms with van der Waals surface area (Å²) in [5.41, 5.74) is 1.38. The van der Waals surface area contributed by atoms with E-state index in [1.807, 2.05) is 12.4 Å². The summed E-state index contributed by atoms with van der Waals surface area (Å²) in [6.45, 7) is 4.93. The zero-order valence-electron chi connectivity index (χ0n) is 11.1. The van der Waals surface area contributed by atoms with Crippen LogP contribution in [0.2, 0.25) is 0 Å². The van der Waals surface area contributed by atoms with Gasteiger partial charge in [0.05, 0.1) is 0 Å². The third kappa shape index (κ3) is 1.98. The summed E-state index contributed by atoms with van der Waals surface area (Å²) >= 11 is 0. The van der Waals surface area contributed by atoms with E-state index in [1.165, 1.54) is 55.5 Å². The van der Waals surface area contributed by atoms with Crippen LogP contribution in [0.25, 0.3) is 10.8 Å². The second-order valence-electron chi connectivity index (χ2n) is 5.67. The number of hydrogen-bond acceptors (Lipinski definition) is 3. The van der Waals surface area contributed by atoms with Gasteiger partial charge in [-0.25, -0.2) is 0 Å². The minimum absolute atomic E-state index is 0.734. The van der Waals surface area contributed by atoms with E-state index in [0.29, 0.717) is 0 Å². The van der Waals surface area contributed by atoms with Crippen LogP contribution in [0.15, 0.2) is 36.7 Å². The molecule has 4 heterocycles. The molecule has 3 aliphatic heterocycles. The van der Waals surface area contributed by atoms with Crippen molar-refractivity contribution in [1.82, 2.24) is 9.88 Å². The summed E-state index contributed by atoms with van der Waals surface area (Å²) in [7, 11) is 0. The molecule has 98 valence electrons. The predicted octanol–water partition coefficient (Wildman–Crippen LogP) is 2.52. The maximum atomic E-state index is 4.19. The standard InChI is InChI=1S/C16H19N3/c1-2-16(11-13-3-6-17-12-14(1)13)19-10-9-18-7-4-15(19)5-8-18/h1-3,6,11-12,15H,4-5,7-10H2. The number of fused-ring (bicyclic) bond motifs is 5. The molecule has 0 amide bonds. The Kier molecular flexibility index (Phi) is 2.66. The van der Waals surface area contributed by atoms with Crippen molar-refractivity contribution in [3.05, 3.63) is 36.7 Å². The van der Waals surface area contributed by atoms with Gasteiger partial charge in [0.25, 0.3) is 0 Å². The minimum Gasteiger partial charge on any atom is -0.367 e. The summed E-state index contributed by atoms with van der Waals surface area (Å²) in [6.07, 6.45) is 6.45. The predicted molar refractivity (Wildman–Crippen MR) is 78.6 cm³/mol. The number of benzene rings is 1. The lowest BCUT2D eigenvalue weighted by Crippen LogP contribution is -2.37. The number of rotatable bonds is 1. The third-order valence-corrected chi connectivity index (χ3v) is 4.61. The highest BCUT2D eigenvalue weighted by Gasteiger charge is 2.28. The van der Waals surface area contributed by atoms with E-state index in [0.717, 1.165) is 6.04 Å². The Labute approximate surface area is 113 Å². The molecule has 0 N–H and O–H groups in total. The van der Waals surface area contributed by atoms with Crippen molar-refractivity contribution in [2.45, 2.75) is 18.9 Å². The highest BCUT2D eigenvalue weighted by molar-refractivity contribution is 5.85. The quantitative estimate of drug-likeness (QED) is 0.778. The van der Waals surface area contributed by atoms with E-state index in [2.05, 4.69) is 39.0 Å². The van der Waals surface area contributed by atoms with E-state index in [1.54, 1.807) is 0 Å². The van der Waals surface area contributed by atoms with Gasteiger partial charge in [-0.2, -0.15) is 0 Å². The van der Waals surface area contributed by atoms with Crippen LogP contribution in [-0.4, -0.2) is 42.1 Å². The second-order valence-corrected chi connectivity index (χ2v) is 5.67. The van der Waals surface area contributed by atoms with Crippen LogP contribution in [0, 0.1) is 0 Å². The number of pyridine rings is 1. The SMILES string of the molecule is c1cc2cc(N3CCN4CCC3CC4)ccc2cn1. The molecule has 1 aromatic carbocycles. The second kappa shape index (κ2) is 4.49. The number of hydrogen-bond donors (Lipinski definition) is 0. The molecule has 0 atom stereocenters. The van der Waals surface area contributed by atoms with E-state index in [-0.39, 0.29) is 0 Å². The Morgan fingerprint density at radius 1 is 0.947 bits per heavy atom. The first-order valence-corrected chi connectivity index (χ1v) is 7.23. The van der Waals surface area contributed by atoms with Gasteiger partial charge in [0.1, 0.15) is 0 Å².